The molecule has 0 radical (unpaired) electrons. The van der Waals surface area contributed by atoms with Crippen LogP contribution in [0.2, 0.25) is 0 Å². The van der Waals surface area contributed by atoms with Gasteiger partial charge in [-0.25, -0.2) is 0 Å². The normalized spacial score (nSPS) is 38.9. The Labute approximate surface area is 229 Å². The lowest BCUT2D eigenvalue weighted by molar-refractivity contribution is -0.117. The minimum Gasteiger partial charge on any atom is -0.392 e. The molecule has 5 aliphatic carbocycles. The number of hydrogen-bond acceptors (Lipinski definition) is 2. The molecule has 0 bridgehead atoms. The molecule has 0 heterocycles. The van der Waals surface area contributed by atoms with Crippen molar-refractivity contribution in [3.8, 4) is 0 Å². The van der Waals surface area contributed by atoms with Crippen LogP contribution in [-0.2, 0) is 0 Å². The van der Waals surface area contributed by atoms with E-state index >= 15 is 0 Å². The molecule has 3 unspecified atom stereocenters. The fraction of sp³-hybridized carbons (Fsp3) is 0.444. The summed E-state index contributed by atoms with van der Waals surface area (Å²) in [6.07, 6.45) is 20.1. The molecule has 0 spiro atoms. The first-order valence-corrected chi connectivity index (χ1v) is 14.4. The Morgan fingerprint density at radius 3 is 1.97 bits per heavy atom. The highest BCUT2D eigenvalue weighted by molar-refractivity contribution is 5.68. The van der Waals surface area contributed by atoms with E-state index in [0.29, 0.717) is 11.8 Å². The predicted molar refractivity (Wildman–Crippen MR) is 159 cm³/mol. The summed E-state index contributed by atoms with van der Waals surface area (Å²) < 4.78 is 0. The van der Waals surface area contributed by atoms with E-state index in [2.05, 4.69) is 110 Å². The molecule has 2 heteroatoms. The van der Waals surface area contributed by atoms with Crippen molar-refractivity contribution in [2.24, 2.45) is 29.6 Å². The standard InChI is InChI=1S/C36H44O2/c1-19(2)25-11-12-27-23(7)16-31(29(27)15-22(6)13-25)33-35(37)34(36(33)38)32-17-24(8)28-18-26(20(3)4)10-9-21(5)14-30(28)32/h9-11,13-21,33-38H,12H2,1-8H3/b10-9-,22-13-,25-11+,26-18+,29-15+,30-14+. The summed E-state index contributed by atoms with van der Waals surface area (Å²) in [6, 6.07) is 0. The molecule has 3 atom stereocenters. The van der Waals surface area contributed by atoms with Gasteiger partial charge in [0.2, 0.25) is 0 Å². The molecule has 0 aliphatic heterocycles. The van der Waals surface area contributed by atoms with Gasteiger partial charge in [0.25, 0.3) is 0 Å². The number of aliphatic hydroxyl groups is 2. The Balaban J connectivity index is 1.44. The Hall–Kier alpha value is -2.68. The van der Waals surface area contributed by atoms with Crippen molar-refractivity contribution in [3.05, 3.63) is 116 Å². The van der Waals surface area contributed by atoms with Crippen molar-refractivity contribution in [1.82, 2.24) is 0 Å². The lowest BCUT2D eigenvalue weighted by atomic mass is 9.60. The van der Waals surface area contributed by atoms with Crippen molar-refractivity contribution in [2.45, 2.75) is 74.0 Å². The predicted octanol–water partition coefficient (Wildman–Crippen LogP) is 8.04. The molecule has 0 aromatic rings. The largest absolute Gasteiger partial charge is 0.392 e. The van der Waals surface area contributed by atoms with E-state index in [0.717, 1.165) is 17.6 Å². The summed E-state index contributed by atoms with van der Waals surface area (Å²) in [5.41, 5.74) is 13.5. The molecule has 0 saturated heterocycles. The van der Waals surface area contributed by atoms with Gasteiger partial charge >= 0.3 is 0 Å². The fourth-order valence-electron chi connectivity index (χ4n) is 6.72. The van der Waals surface area contributed by atoms with Gasteiger partial charge in [0, 0.05) is 11.8 Å². The van der Waals surface area contributed by atoms with E-state index in [9.17, 15) is 10.2 Å². The van der Waals surface area contributed by atoms with Gasteiger partial charge in [0.15, 0.2) is 0 Å². The molecule has 0 amide bonds. The van der Waals surface area contributed by atoms with Gasteiger partial charge in [0.05, 0.1) is 12.2 Å². The average Bonchev–Trinajstić information content (AvgIpc) is 3.25. The van der Waals surface area contributed by atoms with Crippen molar-refractivity contribution in [3.63, 3.8) is 0 Å². The second kappa shape index (κ2) is 10.1. The third-order valence-electron chi connectivity index (χ3n) is 9.05. The average molecular weight is 509 g/mol. The monoisotopic (exact) mass is 508 g/mol. The smallest absolute Gasteiger partial charge is 0.0727 e. The Morgan fingerprint density at radius 2 is 1.34 bits per heavy atom. The molecule has 1 fully saturated rings. The van der Waals surface area contributed by atoms with Gasteiger partial charge in [0.1, 0.15) is 0 Å². The molecule has 5 aliphatic rings. The van der Waals surface area contributed by atoms with Crippen LogP contribution in [-0.4, -0.2) is 22.4 Å². The van der Waals surface area contributed by atoms with Gasteiger partial charge in [-0.2, -0.15) is 0 Å². The zero-order chi connectivity index (χ0) is 27.5. The van der Waals surface area contributed by atoms with E-state index in [1.165, 1.54) is 50.2 Å². The molecule has 38 heavy (non-hydrogen) atoms. The number of fused-ring (bicyclic) bond motifs is 2. The Morgan fingerprint density at radius 1 is 0.737 bits per heavy atom. The van der Waals surface area contributed by atoms with Crippen molar-refractivity contribution in [2.75, 3.05) is 0 Å². The minimum absolute atomic E-state index is 0.280. The van der Waals surface area contributed by atoms with Crippen molar-refractivity contribution >= 4 is 0 Å². The maximum absolute atomic E-state index is 11.7. The van der Waals surface area contributed by atoms with E-state index in [4.69, 9.17) is 0 Å². The third-order valence-corrected chi connectivity index (χ3v) is 9.05. The molecular weight excluding hydrogens is 464 g/mol. The molecule has 200 valence electrons. The van der Waals surface area contributed by atoms with Crippen LogP contribution in [0.1, 0.15) is 61.8 Å². The summed E-state index contributed by atoms with van der Waals surface area (Å²) in [5, 5.41) is 23.3. The number of rotatable bonds is 4. The zero-order valence-corrected chi connectivity index (χ0v) is 24.3. The molecule has 5 rings (SSSR count). The SMILES string of the molecule is CC1=C2/C=C(C(C)C)\C=C/C(C)/C=C\2C(C2C(O)C(C3=CC(C)=C4C\C=C(C(C)C)/C=C(C)\C=C\34)C2O)=C1. The van der Waals surface area contributed by atoms with Gasteiger partial charge < -0.3 is 10.2 Å². The highest BCUT2D eigenvalue weighted by Crippen LogP contribution is 2.53. The summed E-state index contributed by atoms with van der Waals surface area (Å²) in [5.74, 6) is 0.644. The lowest BCUT2D eigenvalue weighted by Crippen LogP contribution is -2.57. The van der Waals surface area contributed by atoms with Crippen LogP contribution in [0, 0.1) is 29.6 Å². The van der Waals surface area contributed by atoms with Crippen LogP contribution in [0.5, 0.6) is 0 Å². The summed E-state index contributed by atoms with van der Waals surface area (Å²) in [6.45, 7) is 17.6. The molecule has 0 aromatic heterocycles. The zero-order valence-electron chi connectivity index (χ0n) is 24.3. The van der Waals surface area contributed by atoms with Crippen LogP contribution in [0.4, 0.5) is 0 Å². The number of allylic oxidation sites excluding steroid dienone is 18. The minimum atomic E-state index is -0.620. The van der Waals surface area contributed by atoms with Crippen molar-refractivity contribution < 1.29 is 10.2 Å². The van der Waals surface area contributed by atoms with E-state index in [1.54, 1.807) is 0 Å². The molecule has 0 aromatic carbocycles. The molecule has 1 saturated carbocycles. The highest BCUT2D eigenvalue weighted by atomic mass is 16.3. The van der Waals surface area contributed by atoms with E-state index < -0.39 is 12.2 Å². The van der Waals surface area contributed by atoms with E-state index in [1.807, 2.05) is 0 Å². The quantitative estimate of drug-likeness (QED) is 0.403. The summed E-state index contributed by atoms with van der Waals surface area (Å²) >= 11 is 0. The first-order valence-electron chi connectivity index (χ1n) is 14.4. The second-order valence-corrected chi connectivity index (χ2v) is 12.6. The van der Waals surface area contributed by atoms with Gasteiger partial charge in [-0.05, 0) is 101 Å². The van der Waals surface area contributed by atoms with Crippen LogP contribution in [0.3, 0.4) is 0 Å². The fourth-order valence-corrected chi connectivity index (χ4v) is 6.72. The molecule has 2 nitrogen and oxygen atoms in total. The summed E-state index contributed by atoms with van der Waals surface area (Å²) in [7, 11) is 0. The number of hydrogen-bond donors (Lipinski definition) is 2. The maximum Gasteiger partial charge on any atom is 0.0727 e. The first kappa shape index (κ1) is 26.9. The third kappa shape index (κ3) is 4.56. The van der Waals surface area contributed by atoms with Crippen LogP contribution < -0.4 is 0 Å². The van der Waals surface area contributed by atoms with Crippen molar-refractivity contribution in [1.29, 1.82) is 0 Å². The Kier molecular flexibility index (Phi) is 7.18. The molecular formula is C36H44O2. The maximum atomic E-state index is 11.7. The lowest BCUT2D eigenvalue weighted by Gasteiger charge is -2.49. The van der Waals surface area contributed by atoms with Crippen LogP contribution in [0.25, 0.3) is 0 Å². The van der Waals surface area contributed by atoms with E-state index in [-0.39, 0.29) is 17.8 Å². The second-order valence-electron chi connectivity index (χ2n) is 12.6. The number of aliphatic hydroxyl groups excluding tert-OH is 2. The first-order chi connectivity index (χ1) is 18.0. The van der Waals surface area contributed by atoms with Gasteiger partial charge in [-0.3, -0.25) is 0 Å². The van der Waals surface area contributed by atoms with Crippen LogP contribution >= 0.6 is 0 Å². The van der Waals surface area contributed by atoms with Gasteiger partial charge in [-0.15, -0.1) is 0 Å². The van der Waals surface area contributed by atoms with Crippen LogP contribution in [0.15, 0.2) is 116 Å². The highest BCUT2D eigenvalue weighted by Gasteiger charge is 2.54. The molecule has 2 N–H and O–H groups in total. The Bertz CT molecular complexity index is 1350. The summed E-state index contributed by atoms with van der Waals surface area (Å²) in [4.78, 5) is 0. The van der Waals surface area contributed by atoms with Gasteiger partial charge in [-0.1, -0.05) is 94.9 Å². The topological polar surface area (TPSA) is 40.5 Å².